The maximum Gasteiger partial charge on any atom is 0.329 e. The minimum Gasteiger partial charge on any atom is -0.460 e. The minimum absolute atomic E-state index is 0.0378. The minimum atomic E-state index is -0.889. The number of carbonyl (C=O) groups is 4. The standard InChI is InChI=1S/C27H41N3O5/c1-6-8-9-10-21-16-23(31)29-22(15-20-13-11-17(3)12-14-20)26(33)28-19(5)25(32)30-24(18(4)7-2)27(34)35-21/h11-14,18-19,21-22,24H,6-10,15-16H2,1-5H3,(H,28,33)(H,29,31)(H,30,32)/t18-,19-,21+,22-,24+/m0/s1. The van der Waals surface area contributed by atoms with E-state index in [4.69, 9.17) is 4.74 Å². The first-order chi connectivity index (χ1) is 16.6. The Hall–Kier alpha value is -2.90. The van der Waals surface area contributed by atoms with Crippen LogP contribution in [0.15, 0.2) is 24.3 Å². The lowest BCUT2D eigenvalue weighted by Gasteiger charge is -2.26. The van der Waals surface area contributed by atoms with Crippen LogP contribution in [0.4, 0.5) is 0 Å². The normalized spacial score (nSPS) is 25.2. The Bertz CT molecular complexity index is 870. The summed E-state index contributed by atoms with van der Waals surface area (Å²) in [6.45, 7) is 9.41. The van der Waals surface area contributed by atoms with Crippen LogP contribution >= 0.6 is 0 Å². The van der Waals surface area contributed by atoms with Crippen LogP contribution < -0.4 is 16.0 Å². The van der Waals surface area contributed by atoms with E-state index >= 15 is 0 Å². The van der Waals surface area contributed by atoms with E-state index in [0.29, 0.717) is 12.8 Å². The Morgan fingerprint density at radius 1 is 0.971 bits per heavy atom. The van der Waals surface area contributed by atoms with Crippen molar-refractivity contribution in [3.63, 3.8) is 0 Å². The van der Waals surface area contributed by atoms with Gasteiger partial charge < -0.3 is 20.7 Å². The molecule has 0 spiro atoms. The van der Waals surface area contributed by atoms with E-state index in [-0.39, 0.29) is 24.7 Å². The van der Waals surface area contributed by atoms with E-state index in [2.05, 4.69) is 22.9 Å². The van der Waals surface area contributed by atoms with Crippen molar-refractivity contribution >= 4 is 23.7 Å². The van der Waals surface area contributed by atoms with E-state index in [1.165, 1.54) is 0 Å². The van der Waals surface area contributed by atoms with Crippen LogP contribution in [0.2, 0.25) is 0 Å². The van der Waals surface area contributed by atoms with Crippen molar-refractivity contribution in [3.8, 4) is 0 Å². The van der Waals surface area contributed by atoms with Gasteiger partial charge in [0.1, 0.15) is 24.2 Å². The molecule has 8 nitrogen and oxygen atoms in total. The topological polar surface area (TPSA) is 114 Å². The second-order valence-corrected chi connectivity index (χ2v) is 9.67. The van der Waals surface area contributed by atoms with E-state index in [9.17, 15) is 19.2 Å². The van der Waals surface area contributed by atoms with Gasteiger partial charge in [-0.3, -0.25) is 14.4 Å². The zero-order valence-electron chi connectivity index (χ0n) is 21.7. The van der Waals surface area contributed by atoms with Crippen LogP contribution in [0.1, 0.15) is 77.3 Å². The third-order valence-electron chi connectivity index (χ3n) is 6.55. The van der Waals surface area contributed by atoms with Gasteiger partial charge in [0.25, 0.3) is 0 Å². The first-order valence-electron chi connectivity index (χ1n) is 12.8. The number of benzene rings is 1. The van der Waals surface area contributed by atoms with E-state index < -0.39 is 42.0 Å². The summed E-state index contributed by atoms with van der Waals surface area (Å²) in [5.74, 6) is -1.99. The quantitative estimate of drug-likeness (QED) is 0.385. The van der Waals surface area contributed by atoms with Gasteiger partial charge in [0.15, 0.2) is 0 Å². The maximum atomic E-state index is 13.1. The Morgan fingerprint density at radius 3 is 2.29 bits per heavy atom. The molecule has 8 heteroatoms. The lowest BCUT2D eigenvalue weighted by Crippen LogP contribution is -2.55. The maximum absolute atomic E-state index is 13.1. The van der Waals surface area contributed by atoms with Gasteiger partial charge in [0.05, 0.1) is 6.42 Å². The zero-order chi connectivity index (χ0) is 26.0. The second-order valence-electron chi connectivity index (χ2n) is 9.67. The SMILES string of the molecule is CCCCC[C@@H]1CC(=O)N[C@@H](Cc2ccc(C)cc2)C(=O)N[C@@H](C)C(=O)N[C@H]([C@@H](C)CC)C(=O)O1. The monoisotopic (exact) mass is 487 g/mol. The number of cyclic esters (lactones) is 1. The predicted molar refractivity (Wildman–Crippen MR) is 134 cm³/mol. The van der Waals surface area contributed by atoms with Crippen LogP contribution in [0.5, 0.6) is 0 Å². The first kappa shape index (κ1) is 28.3. The number of carbonyl (C=O) groups excluding carboxylic acids is 4. The second kappa shape index (κ2) is 13.9. The summed E-state index contributed by atoms with van der Waals surface area (Å²) in [5.41, 5.74) is 1.98. The van der Waals surface area contributed by atoms with E-state index in [1.54, 1.807) is 6.92 Å². The highest BCUT2D eigenvalue weighted by atomic mass is 16.5. The van der Waals surface area contributed by atoms with Gasteiger partial charge in [-0.15, -0.1) is 0 Å². The molecule has 1 saturated heterocycles. The molecule has 1 aliphatic rings. The molecule has 0 radical (unpaired) electrons. The molecule has 0 unspecified atom stereocenters. The van der Waals surface area contributed by atoms with Crippen molar-refractivity contribution in [2.24, 2.45) is 5.92 Å². The summed E-state index contributed by atoms with van der Waals surface area (Å²) in [6, 6.07) is 5.12. The summed E-state index contributed by atoms with van der Waals surface area (Å²) < 4.78 is 5.77. The Labute approximate surface area is 208 Å². The number of ether oxygens (including phenoxy) is 1. The molecule has 3 N–H and O–H groups in total. The van der Waals surface area contributed by atoms with Gasteiger partial charge in [-0.25, -0.2) is 4.79 Å². The van der Waals surface area contributed by atoms with Crippen molar-refractivity contribution in [3.05, 3.63) is 35.4 Å². The molecule has 1 heterocycles. The molecule has 1 aromatic carbocycles. The molecule has 1 aromatic rings. The summed E-state index contributed by atoms with van der Waals surface area (Å²) in [4.78, 5) is 52.0. The van der Waals surface area contributed by atoms with Crippen molar-refractivity contribution in [2.45, 2.75) is 104 Å². The molecule has 5 atom stereocenters. The number of rotatable bonds is 8. The number of hydrogen-bond acceptors (Lipinski definition) is 5. The van der Waals surface area contributed by atoms with Gasteiger partial charge >= 0.3 is 5.97 Å². The number of unbranched alkanes of at least 4 members (excludes halogenated alkanes) is 2. The molecule has 2 rings (SSSR count). The highest BCUT2D eigenvalue weighted by molar-refractivity contribution is 5.94. The fourth-order valence-electron chi connectivity index (χ4n) is 4.02. The summed E-state index contributed by atoms with van der Waals surface area (Å²) in [6.07, 6.45) is 3.57. The molecule has 0 bridgehead atoms. The van der Waals surface area contributed by atoms with Crippen molar-refractivity contribution < 1.29 is 23.9 Å². The van der Waals surface area contributed by atoms with Gasteiger partial charge in [-0.2, -0.15) is 0 Å². The Balaban J connectivity index is 2.32. The zero-order valence-corrected chi connectivity index (χ0v) is 21.7. The smallest absolute Gasteiger partial charge is 0.329 e. The van der Waals surface area contributed by atoms with Gasteiger partial charge in [0, 0.05) is 6.42 Å². The fourth-order valence-corrected chi connectivity index (χ4v) is 4.02. The average Bonchev–Trinajstić information content (AvgIpc) is 2.82. The number of hydrogen-bond donors (Lipinski definition) is 3. The van der Waals surface area contributed by atoms with Gasteiger partial charge in [-0.05, 0) is 38.2 Å². The van der Waals surface area contributed by atoms with Crippen LogP contribution in [0.25, 0.3) is 0 Å². The Kier molecular flexibility index (Phi) is 11.2. The highest BCUT2D eigenvalue weighted by Crippen LogP contribution is 2.17. The summed E-state index contributed by atoms with van der Waals surface area (Å²) >= 11 is 0. The fraction of sp³-hybridized carbons (Fsp3) is 0.630. The van der Waals surface area contributed by atoms with E-state index in [1.807, 2.05) is 45.0 Å². The molecule has 0 aliphatic carbocycles. The molecule has 0 aromatic heterocycles. The molecule has 0 saturated carbocycles. The number of nitrogens with one attached hydrogen (secondary N) is 3. The molecule has 194 valence electrons. The van der Waals surface area contributed by atoms with Crippen molar-refractivity contribution in [2.75, 3.05) is 0 Å². The van der Waals surface area contributed by atoms with Gasteiger partial charge in [0.2, 0.25) is 17.7 Å². The third kappa shape index (κ3) is 9.00. The molecule has 1 fully saturated rings. The molecular weight excluding hydrogens is 446 g/mol. The summed E-state index contributed by atoms with van der Waals surface area (Å²) in [5, 5.41) is 8.27. The summed E-state index contributed by atoms with van der Waals surface area (Å²) in [7, 11) is 0. The molecule has 35 heavy (non-hydrogen) atoms. The number of aryl methyl sites for hydroxylation is 1. The number of esters is 1. The predicted octanol–water partition coefficient (Wildman–Crippen LogP) is 2.95. The average molecular weight is 488 g/mol. The largest absolute Gasteiger partial charge is 0.460 e. The highest BCUT2D eigenvalue weighted by Gasteiger charge is 2.33. The Morgan fingerprint density at radius 2 is 1.66 bits per heavy atom. The lowest BCUT2D eigenvalue weighted by atomic mass is 9.98. The van der Waals surface area contributed by atoms with Crippen LogP contribution in [0.3, 0.4) is 0 Å². The lowest BCUT2D eigenvalue weighted by molar-refractivity contribution is -0.156. The third-order valence-corrected chi connectivity index (χ3v) is 6.55. The van der Waals surface area contributed by atoms with Crippen LogP contribution in [-0.4, -0.2) is 47.9 Å². The van der Waals surface area contributed by atoms with E-state index in [0.717, 1.165) is 30.4 Å². The molecule has 1 aliphatic heterocycles. The van der Waals surface area contributed by atoms with Crippen LogP contribution in [-0.2, 0) is 30.3 Å². The van der Waals surface area contributed by atoms with Gasteiger partial charge in [-0.1, -0.05) is 69.9 Å². The van der Waals surface area contributed by atoms with Crippen molar-refractivity contribution in [1.29, 1.82) is 0 Å². The van der Waals surface area contributed by atoms with Crippen LogP contribution in [0, 0.1) is 12.8 Å². The van der Waals surface area contributed by atoms with Crippen molar-refractivity contribution in [1.82, 2.24) is 16.0 Å². The molecule has 3 amide bonds. The molecular formula is C27H41N3O5. The first-order valence-corrected chi connectivity index (χ1v) is 12.8. The number of amides is 3.